The minimum atomic E-state index is -0.374. The smallest absolute Gasteiger partial charge is 0.240 e. The van der Waals surface area contributed by atoms with Gasteiger partial charge in [0, 0.05) is 23.4 Å². The number of hydrogen-bond acceptors (Lipinski definition) is 8. The summed E-state index contributed by atoms with van der Waals surface area (Å²) in [4.78, 5) is 9.59. The standard InChI is InChI=1S/C20H18N6O3/c1-12-6-7-13(21-9-12)11-28-20-16-5-3-2-4-15(16)18-22-23-19(26(18)24-20)17-8-14(10-27)29-25-17/h2-7,9,14,27H,8,10-11H2,1H3. The zero-order valence-electron chi connectivity index (χ0n) is 15.7. The average molecular weight is 390 g/mol. The average Bonchev–Trinajstić information content (AvgIpc) is 3.40. The van der Waals surface area contributed by atoms with Crippen molar-refractivity contribution >= 4 is 22.1 Å². The van der Waals surface area contributed by atoms with E-state index in [0.29, 0.717) is 29.5 Å². The quantitative estimate of drug-likeness (QED) is 0.556. The number of aliphatic hydroxyl groups is 1. The molecule has 9 nitrogen and oxygen atoms in total. The van der Waals surface area contributed by atoms with Crippen LogP contribution in [0.5, 0.6) is 5.88 Å². The van der Waals surface area contributed by atoms with Crippen LogP contribution in [0.2, 0.25) is 0 Å². The first-order chi connectivity index (χ1) is 14.2. The molecule has 0 saturated carbocycles. The molecule has 0 bridgehead atoms. The van der Waals surface area contributed by atoms with Crippen LogP contribution in [0, 0.1) is 6.92 Å². The fraction of sp³-hybridized carbons (Fsp3) is 0.250. The Bertz CT molecular complexity index is 1220. The van der Waals surface area contributed by atoms with Gasteiger partial charge in [0.15, 0.2) is 11.8 Å². The van der Waals surface area contributed by atoms with Crippen LogP contribution < -0.4 is 4.74 Å². The third kappa shape index (κ3) is 3.15. The van der Waals surface area contributed by atoms with Crippen molar-refractivity contribution < 1.29 is 14.7 Å². The van der Waals surface area contributed by atoms with Gasteiger partial charge in [-0.2, -0.15) is 4.52 Å². The van der Waals surface area contributed by atoms with Crippen LogP contribution in [0.4, 0.5) is 0 Å². The Morgan fingerprint density at radius 3 is 2.79 bits per heavy atom. The van der Waals surface area contributed by atoms with Gasteiger partial charge in [-0.1, -0.05) is 29.4 Å². The summed E-state index contributed by atoms with van der Waals surface area (Å²) < 4.78 is 7.63. The highest BCUT2D eigenvalue weighted by Crippen LogP contribution is 2.28. The number of pyridine rings is 1. The molecule has 4 heterocycles. The molecule has 0 amide bonds. The second kappa shape index (κ2) is 7.10. The summed E-state index contributed by atoms with van der Waals surface area (Å²) in [5.74, 6) is 0.926. The lowest BCUT2D eigenvalue weighted by atomic mass is 10.1. The topological polar surface area (TPSA) is 107 Å². The molecule has 29 heavy (non-hydrogen) atoms. The fourth-order valence-corrected chi connectivity index (χ4v) is 3.22. The Morgan fingerprint density at radius 2 is 2.03 bits per heavy atom. The van der Waals surface area contributed by atoms with Crippen molar-refractivity contribution in [2.75, 3.05) is 6.61 Å². The third-order valence-electron chi connectivity index (χ3n) is 4.75. The number of hydrogen-bond donors (Lipinski definition) is 1. The number of nitrogens with zero attached hydrogens (tertiary/aromatic N) is 6. The predicted octanol–water partition coefficient (Wildman–Crippen LogP) is 2.05. The molecule has 9 heteroatoms. The summed E-state index contributed by atoms with van der Waals surface area (Å²) in [7, 11) is 0. The first kappa shape index (κ1) is 17.5. The minimum absolute atomic E-state index is 0.113. The number of benzene rings is 1. The zero-order valence-corrected chi connectivity index (χ0v) is 15.7. The van der Waals surface area contributed by atoms with E-state index in [-0.39, 0.29) is 19.3 Å². The van der Waals surface area contributed by atoms with Gasteiger partial charge in [0.1, 0.15) is 12.3 Å². The van der Waals surface area contributed by atoms with Gasteiger partial charge in [-0.05, 0) is 24.6 Å². The van der Waals surface area contributed by atoms with Crippen LogP contribution in [0.1, 0.15) is 23.5 Å². The monoisotopic (exact) mass is 390 g/mol. The van der Waals surface area contributed by atoms with Crippen LogP contribution in [-0.2, 0) is 11.4 Å². The third-order valence-corrected chi connectivity index (χ3v) is 4.75. The summed E-state index contributed by atoms with van der Waals surface area (Å²) in [5.41, 5.74) is 3.09. The summed E-state index contributed by atoms with van der Waals surface area (Å²) in [5, 5.41) is 28.2. The van der Waals surface area contributed by atoms with E-state index < -0.39 is 0 Å². The Kier molecular flexibility index (Phi) is 4.28. The Labute approximate surface area is 165 Å². The molecular formula is C20H18N6O3. The van der Waals surface area contributed by atoms with Crippen molar-refractivity contribution in [3.05, 3.63) is 59.7 Å². The van der Waals surface area contributed by atoms with E-state index >= 15 is 0 Å². The number of oxime groups is 1. The highest BCUT2D eigenvalue weighted by molar-refractivity contribution is 6.01. The van der Waals surface area contributed by atoms with Gasteiger partial charge in [-0.15, -0.1) is 15.3 Å². The van der Waals surface area contributed by atoms with Crippen LogP contribution in [0.3, 0.4) is 0 Å². The van der Waals surface area contributed by atoms with Crippen molar-refractivity contribution in [1.29, 1.82) is 0 Å². The van der Waals surface area contributed by atoms with E-state index in [9.17, 15) is 5.11 Å². The molecule has 0 radical (unpaired) electrons. The molecule has 1 aliphatic rings. The maximum atomic E-state index is 9.29. The first-order valence-electron chi connectivity index (χ1n) is 9.25. The summed E-state index contributed by atoms with van der Waals surface area (Å²) in [6.07, 6.45) is 1.87. The second-order valence-corrected chi connectivity index (χ2v) is 6.88. The molecule has 5 rings (SSSR count). The van der Waals surface area contributed by atoms with Crippen molar-refractivity contribution in [3.63, 3.8) is 0 Å². The molecule has 0 fully saturated rings. The van der Waals surface area contributed by atoms with Crippen LogP contribution >= 0.6 is 0 Å². The highest BCUT2D eigenvalue weighted by Gasteiger charge is 2.26. The molecule has 1 aromatic carbocycles. The molecule has 1 atom stereocenters. The molecule has 1 N–H and O–H groups in total. The van der Waals surface area contributed by atoms with Crippen molar-refractivity contribution in [3.8, 4) is 5.88 Å². The molecule has 0 aliphatic carbocycles. The van der Waals surface area contributed by atoms with Crippen LogP contribution in [-0.4, -0.2) is 48.3 Å². The SMILES string of the molecule is Cc1ccc(COc2nn3c(C4=NOC(CO)C4)nnc3c3ccccc23)nc1. The number of aromatic nitrogens is 5. The molecule has 3 aromatic heterocycles. The van der Waals surface area contributed by atoms with Crippen LogP contribution in [0.25, 0.3) is 16.4 Å². The molecule has 1 unspecified atom stereocenters. The van der Waals surface area contributed by atoms with Gasteiger partial charge in [0.05, 0.1) is 12.3 Å². The number of aryl methyl sites for hydroxylation is 1. The van der Waals surface area contributed by atoms with Crippen molar-refractivity contribution in [2.45, 2.75) is 26.1 Å². The summed E-state index contributed by atoms with van der Waals surface area (Å²) in [6.45, 7) is 2.17. The van der Waals surface area contributed by atoms with Crippen molar-refractivity contribution in [2.24, 2.45) is 5.16 Å². The van der Waals surface area contributed by atoms with Crippen LogP contribution in [0.15, 0.2) is 47.8 Å². The Balaban J connectivity index is 1.57. The normalized spacial score (nSPS) is 16.2. The van der Waals surface area contributed by atoms with Gasteiger partial charge < -0.3 is 14.7 Å². The van der Waals surface area contributed by atoms with Gasteiger partial charge in [-0.25, -0.2) is 0 Å². The summed E-state index contributed by atoms with van der Waals surface area (Å²) in [6, 6.07) is 11.7. The minimum Gasteiger partial charge on any atom is -0.470 e. The van der Waals surface area contributed by atoms with E-state index in [0.717, 1.165) is 22.0 Å². The Hall–Kier alpha value is -3.59. The molecule has 0 spiro atoms. The Morgan fingerprint density at radius 1 is 1.17 bits per heavy atom. The lowest BCUT2D eigenvalue weighted by molar-refractivity contribution is 0.0390. The van der Waals surface area contributed by atoms with E-state index in [4.69, 9.17) is 9.57 Å². The largest absolute Gasteiger partial charge is 0.470 e. The van der Waals surface area contributed by atoms with Gasteiger partial charge in [-0.3, -0.25) is 4.98 Å². The van der Waals surface area contributed by atoms with Gasteiger partial charge in [0.25, 0.3) is 0 Å². The summed E-state index contributed by atoms with van der Waals surface area (Å²) >= 11 is 0. The fourth-order valence-electron chi connectivity index (χ4n) is 3.22. The predicted molar refractivity (Wildman–Crippen MR) is 105 cm³/mol. The second-order valence-electron chi connectivity index (χ2n) is 6.88. The maximum absolute atomic E-state index is 9.29. The van der Waals surface area contributed by atoms with Gasteiger partial charge in [0.2, 0.25) is 11.7 Å². The van der Waals surface area contributed by atoms with E-state index in [1.807, 2.05) is 43.3 Å². The van der Waals surface area contributed by atoms with Gasteiger partial charge >= 0.3 is 0 Å². The number of fused-ring (bicyclic) bond motifs is 3. The molecule has 0 saturated heterocycles. The maximum Gasteiger partial charge on any atom is 0.240 e. The van der Waals surface area contributed by atoms with Crippen molar-refractivity contribution in [1.82, 2.24) is 24.8 Å². The van der Waals surface area contributed by atoms with E-state index in [2.05, 4.69) is 25.4 Å². The lowest BCUT2D eigenvalue weighted by Crippen LogP contribution is -2.15. The van der Waals surface area contributed by atoms with E-state index in [1.165, 1.54) is 0 Å². The highest BCUT2D eigenvalue weighted by atomic mass is 16.6. The molecular weight excluding hydrogens is 372 g/mol. The number of aliphatic hydroxyl groups excluding tert-OH is 1. The molecule has 4 aromatic rings. The number of ether oxygens (including phenoxy) is 1. The first-order valence-corrected chi connectivity index (χ1v) is 9.25. The zero-order chi connectivity index (χ0) is 19.8. The number of rotatable bonds is 5. The van der Waals surface area contributed by atoms with E-state index in [1.54, 1.807) is 10.7 Å². The molecule has 1 aliphatic heterocycles. The lowest BCUT2D eigenvalue weighted by Gasteiger charge is -2.09. The molecule has 146 valence electrons.